The predicted octanol–water partition coefficient (Wildman–Crippen LogP) is 1.15. The van der Waals surface area contributed by atoms with Gasteiger partial charge in [0.15, 0.2) is 11.6 Å². The molecule has 0 aliphatic carbocycles. The van der Waals surface area contributed by atoms with Crippen LogP contribution >= 0.6 is 0 Å². The largest absolute Gasteiger partial charge is 0.321 e. The molecule has 0 saturated heterocycles. The number of hydrogen-bond donors (Lipinski definition) is 2. The molecule has 68 valence electrons. The molecule has 1 rings (SSSR count). The number of aromatic nitrogens is 3. The van der Waals surface area contributed by atoms with E-state index < -0.39 is 12.2 Å². The number of halogens is 2. The molecule has 0 fully saturated rings. The molecule has 0 aromatic carbocycles. The Bertz CT molecular complexity index is 247. The second kappa shape index (κ2) is 3.57. The summed E-state index contributed by atoms with van der Waals surface area (Å²) < 4.78 is 23.9. The smallest absolute Gasteiger partial charge is 0.296 e. The van der Waals surface area contributed by atoms with Crippen molar-refractivity contribution < 1.29 is 8.78 Å². The van der Waals surface area contributed by atoms with Crippen LogP contribution in [0.25, 0.3) is 0 Å². The van der Waals surface area contributed by atoms with Crippen LogP contribution in [0.2, 0.25) is 0 Å². The van der Waals surface area contributed by atoms with Crippen molar-refractivity contribution in [1.29, 1.82) is 0 Å². The summed E-state index contributed by atoms with van der Waals surface area (Å²) in [6.07, 6.45) is -1.99. The van der Waals surface area contributed by atoms with Crippen molar-refractivity contribution in [3.05, 3.63) is 11.6 Å². The first-order chi connectivity index (χ1) is 5.65. The van der Waals surface area contributed by atoms with Gasteiger partial charge in [0.05, 0.1) is 6.04 Å². The summed E-state index contributed by atoms with van der Waals surface area (Å²) in [6.45, 7) is 1.84. The number of alkyl halides is 2. The number of nitrogens with one attached hydrogen (secondary N) is 1. The molecule has 12 heavy (non-hydrogen) atoms. The normalized spacial score (nSPS) is 13.8. The van der Waals surface area contributed by atoms with E-state index in [4.69, 9.17) is 5.73 Å². The van der Waals surface area contributed by atoms with Crippen molar-refractivity contribution >= 4 is 0 Å². The van der Waals surface area contributed by atoms with Gasteiger partial charge in [-0.1, -0.05) is 6.92 Å². The third-order valence-corrected chi connectivity index (χ3v) is 1.50. The van der Waals surface area contributed by atoms with Crippen molar-refractivity contribution in [2.45, 2.75) is 25.8 Å². The Morgan fingerprint density at radius 3 is 2.67 bits per heavy atom. The van der Waals surface area contributed by atoms with Crippen molar-refractivity contribution in [2.75, 3.05) is 0 Å². The Morgan fingerprint density at radius 2 is 2.25 bits per heavy atom. The molecule has 0 saturated carbocycles. The zero-order chi connectivity index (χ0) is 9.14. The van der Waals surface area contributed by atoms with E-state index in [2.05, 4.69) is 15.2 Å². The van der Waals surface area contributed by atoms with Crippen molar-refractivity contribution in [3.8, 4) is 0 Å². The summed E-state index contributed by atoms with van der Waals surface area (Å²) in [5, 5.41) is 5.70. The number of H-pyrrole nitrogens is 1. The Labute approximate surface area is 68.2 Å². The number of aromatic amines is 1. The van der Waals surface area contributed by atoms with E-state index in [9.17, 15) is 8.78 Å². The molecule has 3 N–H and O–H groups in total. The van der Waals surface area contributed by atoms with Crippen molar-refractivity contribution in [2.24, 2.45) is 5.73 Å². The van der Waals surface area contributed by atoms with E-state index >= 15 is 0 Å². The summed E-state index contributed by atoms with van der Waals surface area (Å²) in [5.41, 5.74) is 5.52. The Kier molecular flexibility index (Phi) is 2.69. The van der Waals surface area contributed by atoms with E-state index in [0.29, 0.717) is 6.42 Å². The average molecular weight is 176 g/mol. The molecule has 0 amide bonds. The first-order valence-corrected chi connectivity index (χ1v) is 3.61. The fourth-order valence-electron chi connectivity index (χ4n) is 0.734. The van der Waals surface area contributed by atoms with Crippen molar-refractivity contribution in [1.82, 2.24) is 15.2 Å². The molecule has 4 nitrogen and oxygen atoms in total. The third kappa shape index (κ3) is 1.76. The van der Waals surface area contributed by atoms with Crippen LogP contribution < -0.4 is 5.73 Å². The maximum absolute atomic E-state index is 12.0. The topological polar surface area (TPSA) is 67.6 Å². The van der Waals surface area contributed by atoms with Gasteiger partial charge in [0.2, 0.25) is 0 Å². The number of rotatable bonds is 3. The van der Waals surface area contributed by atoms with E-state index in [0.717, 1.165) is 0 Å². The van der Waals surface area contributed by atoms with E-state index in [1.54, 1.807) is 0 Å². The summed E-state index contributed by atoms with van der Waals surface area (Å²) in [7, 11) is 0. The molecule has 6 heteroatoms. The summed E-state index contributed by atoms with van der Waals surface area (Å²) in [4.78, 5) is 3.54. The number of hydrogen-bond acceptors (Lipinski definition) is 3. The van der Waals surface area contributed by atoms with Gasteiger partial charge in [0.25, 0.3) is 6.43 Å². The van der Waals surface area contributed by atoms with Crippen LogP contribution in [0.5, 0.6) is 0 Å². The van der Waals surface area contributed by atoms with Crippen LogP contribution in [0.1, 0.15) is 37.5 Å². The molecular formula is C6H10F2N4. The van der Waals surface area contributed by atoms with Gasteiger partial charge in [0.1, 0.15) is 0 Å². The van der Waals surface area contributed by atoms with Gasteiger partial charge in [-0.25, -0.2) is 13.8 Å². The SMILES string of the molecule is CC[C@@H](N)c1n[nH]c(C(F)F)n1. The van der Waals surface area contributed by atoms with Gasteiger partial charge < -0.3 is 5.73 Å². The maximum atomic E-state index is 12.0. The lowest BCUT2D eigenvalue weighted by molar-refractivity contribution is 0.140. The van der Waals surface area contributed by atoms with Gasteiger partial charge in [-0.05, 0) is 6.42 Å². The number of nitrogens with zero attached hydrogens (tertiary/aromatic N) is 2. The summed E-state index contributed by atoms with van der Waals surface area (Å²) in [5.74, 6) is -0.179. The van der Waals surface area contributed by atoms with Crippen LogP contribution in [-0.4, -0.2) is 15.2 Å². The Balaban J connectivity index is 2.77. The van der Waals surface area contributed by atoms with Crippen LogP contribution in [0.15, 0.2) is 0 Å². The first-order valence-electron chi connectivity index (χ1n) is 3.61. The van der Waals surface area contributed by atoms with Crippen LogP contribution in [0, 0.1) is 0 Å². The average Bonchev–Trinajstić information content (AvgIpc) is 2.51. The van der Waals surface area contributed by atoms with Crippen LogP contribution in [0.3, 0.4) is 0 Å². The van der Waals surface area contributed by atoms with E-state index in [1.807, 2.05) is 6.92 Å². The third-order valence-electron chi connectivity index (χ3n) is 1.50. The molecule has 1 atom stereocenters. The number of nitrogens with two attached hydrogens (primary N) is 1. The summed E-state index contributed by atoms with van der Waals surface area (Å²) >= 11 is 0. The fourth-order valence-corrected chi connectivity index (χ4v) is 0.734. The van der Waals surface area contributed by atoms with E-state index in [-0.39, 0.29) is 11.9 Å². The minimum absolute atomic E-state index is 0.243. The van der Waals surface area contributed by atoms with Crippen molar-refractivity contribution in [3.63, 3.8) is 0 Å². The molecule has 0 spiro atoms. The van der Waals surface area contributed by atoms with Gasteiger partial charge in [0, 0.05) is 0 Å². The standard InChI is InChI=1S/C6H10F2N4/c1-2-3(9)5-10-6(4(7)8)12-11-5/h3-4H,2,9H2,1H3,(H,10,11,12)/t3-/m1/s1. The Morgan fingerprint density at radius 1 is 1.58 bits per heavy atom. The highest BCUT2D eigenvalue weighted by molar-refractivity contribution is 4.95. The lowest BCUT2D eigenvalue weighted by atomic mass is 10.2. The summed E-state index contributed by atoms with van der Waals surface area (Å²) in [6, 6.07) is -0.367. The Hall–Kier alpha value is -1.04. The van der Waals surface area contributed by atoms with Crippen LogP contribution in [0.4, 0.5) is 8.78 Å². The first kappa shape index (κ1) is 9.05. The lowest BCUT2D eigenvalue weighted by Gasteiger charge is -2.00. The second-order valence-corrected chi connectivity index (χ2v) is 2.39. The zero-order valence-electron chi connectivity index (χ0n) is 6.59. The minimum atomic E-state index is -2.62. The monoisotopic (exact) mass is 176 g/mol. The molecule has 0 aliphatic rings. The molecule has 0 radical (unpaired) electrons. The predicted molar refractivity (Wildman–Crippen MR) is 38.6 cm³/mol. The lowest BCUT2D eigenvalue weighted by Crippen LogP contribution is -2.10. The highest BCUT2D eigenvalue weighted by Crippen LogP contribution is 2.15. The molecule has 0 bridgehead atoms. The van der Waals surface area contributed by atoms with Gasteiger partial charge in [-0.2, -0.15) is 5.10 Å². The fraction of sp³-hybridized carbons (Fsp3) is 0.667. The molecule has 1 aromatic heterocycles. The quantitative estimate of drug-likeness (QED) is 0.725. The van der Waals surface area contributed by atoms with Gasteiger partial charge in [-0.15, -0.1) is 0 Å². The molecule has 1 aromatic rings. The molecule has 0 aliphatic heterocycles. The highest BCUT2D eigenvalue weighted by Gasteiger charge is 2.15. The van der Waals surface area contributed by atoms with Gasteiger partial charge >= 0.3 is 0 Å². The molecule has 1 heterocycles. The van der Waals surface area contributed by atoms with Crippen LogP contribution in [-0.2, 0) is 0 Å². The molecule has 0 unspecified atom stereocenters. The second-order valence-electron chi connectivity index (χ2n) is 2.39. The van der Waals surface area contributed by atoms with E-state index in [1.165, 1.54) is 0 Å². The minimum Gasteiger partial charge on any atom is -0.321 e. The molecular weight excluding hydrogens is 166 g/mol. The van der Waals surface area contributed by atoms with Gasteiger partial charge in [-0.3, -0.25) is 5.10 Å². The zero-order valence-corrected chi connectivity index (χ0v) is 6.59. The highest BCUT2D eigenvalue weighted by atomic mass is 19.3. The maximum Gasteiger partial charge on any atom is 0.296 e.